The van der Waals surface area contributed by atoms with E-state index < -0.39 is 0 Å². The van der Waals surface area contributed by atoms with E-state index in [1.165, 1.54) is 0 Å². The first-order valence-corrected chi connectivity index (χ1v) is 5.01. The second kappa shape index (κ2) is 3.40. The third-order valence-electron chi connectivity index (χ3n) is 2.52. The van der Waals surface area contributed by atoms with E-state index in [9.17, 15) is 5.11 Å². The molecule has 1 N–H and O–H groups in total. The van der Waals surface area contributed by atoms with Gasteiger partial charge in [0.15, 0.2) is 0 Å². The average molecular weight is 243 g/mol. The molecule has 0 unspecified atom stereocenters. The quantitative estimate of drug-likeness (QED) is 0.856. The molecule has 1 aromatic rings. The van der Waals surface area contributed by atoms with E-state index in [2.05, 4.69) is 15.9 Å². The number of hydrogen-bond donors (Lipinski definition) is 1. The summed E-state index contributed by atoms with van der Waals surface area (Å²) in [7, 11) is 0. The summed E-state index contributed by atoms with van der Waals surface area (Å²) in [6.45, 7) is 1.42. The van der Waals surface area contributed by atoms with Crippen molar-refractivity contribution >= 4 is 15.9 Å². The van der Waals surface area contributed by atoms with Crippen LogP contribution in [0.2, 0.25) is 0 Å². The Morgan fingerprint density at radius 3 is 2.31 bits per heavy atom. The van der Waals surface area contributed by atoms with Gasteiger partial charge < -0.3 is 9.84 Å². The normalized spacial score (nSPS) is 19.5. The van der Waals surface area contributed by atoms with Gasteiger partial charge in [-0.3, -0.25) is 0 Å². The van der Waals surface area contributed by atoms with Gasteiger partial charge in [-0.2, -0.15) is 0 Å². The van der Waals surface area contributed by atoms with Gasteiger partial charge in [0.1, 0.15) is 0 Å². The van der Waals surface area contributed by atoms with E-state index in [1.807, 2.05) is 24.3 Å². The Labute approximate surface area is 85.7 Å². The molecule has 13 heavy (non-hydrogen) atoms. The van der Waals surface area contributed by atoms with Crippen LogP contribution in [0, 0.1) is 0 Å². The van der Waals surface area contributed by atoms with Crippen LogP contribution in [-0.4, -0.2) is 24.9 Å². The van der Waals surface area contributed by atoms with E-state index in [0.717, 1.165) is 10.0 Å². The minimum absolute atomic E-state index is 0.138. The first-order chi connectivity index (χ1) is 6.27. The molecule has 1 fully saturated rings. The molecular weight excluding hydrogens is 232 g/mol. The van der Waals surface area contributed by atoms with Gasteiger partial charge in [-0.05, 0) is 17.7 Å². The Balaban J connectivity index is 2.28. The topological polar surface area (TPSA) is 29.5 Å². The maximum atomic E-state index is 9.27. The van der Waals surface area contributed by atoms with Crippen molar-refractivity contribution in [3.05, 3.63) is 34.3 Å². The van der Waals surface area contributed by atoms with Gasteiger partial charge >= 0.3 is 0 Å². The van der Waals surface area contributed by atoms with Crippen LogP contribution in [0.4, 0.5) is 0 Å². The first-order valence-electron chi connectivity index (χ1n) is 4.21. The molecule has 0 atom stereocenters. The molecule has 0 aliphatic carbocycles. The number of hydrogen-bond acceptors (Lipinski definition) is 2. The minimum Gasteiger partial charge on any atom is -0.395 e. The Kier molecular flexibility index (Phi) is 2.41. The second-order valence-corrected chi connectivity index (χ2v) is 4.35. The van der Waals surface area contributed by atoms with Crippen molar-refractivity contribution in [2.75, 3.05) is 19.8 Å². The lowest BCUT2D eigenvalue weighted by atomic mass is 9.79. The van der Waals surface area contributed by atoms with Crippen LogP contribution in [0.3, 0.4) is 0 Å². The van der Waals surface area contributed by atoms with E-state index in [0.29, 0.717) is 13.2 Å². The van der Waals surface area contributed by atoms with Gasteiger partial charge in [-0.15, -0.1) is 0 Å². The van der Waals surface area contributed by atoms with Crippen molar-refractivity contribution < 1.29 is 9.84 Å². The molecule has 1 aliphatic heterocycles. The summed E-state index contributed by atoms with van der Waals surface area (Å²) in [6, 6.07) is 8.04. The van der Waals surface area contributed by atoms with Crippen LogP contribution >= 0.6 is 15.9 Å². The van der Waals surface area contributed by atoms with Crippen molar-refractivity contribution in [3.8, 4) is 0 Å². The van der Waals surface area contributed by atoms with Crippen LogP contribution in [-0.2, 0) is 10.2 Å². The summed E-state index contributed by atoms with van der Waals surface area (Å²) >= 11 is 3.38. The monoisotopic (exact) mass is 242 g/mol. The molecule has 1 aliphatic rings. The predicted octanol–water partition coefficient (Wildman–Crippen LogP) is 1.71. The van der Waals surface area contributed by atoms with Gasteiger partial charge in [-0.25, -0.2) is 0 Å². The molecular formula is C10H11BrO2. The number of aliphatic hydroxyl groups excluding tert-OH is 1. The molecule has 70 valence electrons. The van der Waals surface area contributed by atoms with Crippen molar-refractivity contribution in [1.29, 1.82) is 0 Å². The zero-order chi connectivity index (χ0) is 9.31. The van der Waals surface area contributed by atoms with Crippen molar-refractivity contribution in [2.45, 2.75) is 5.41 Å². The SMILES string of the molecule is OCC1(c2ccc(Br)cc2)COC1. The number of rotatable bonds is 2. The highest BCUT2D eigenvalue weighted by atomic mass is 79.9. The minimum atomic E-state index is -0.138. The lowest BCUT2D eigenvalue weighted by molar-refractivity contribution is -0.0841. The zero-order valence-corrected chi connectivity index (χ0v) is 8.75. The summed E-state index contributed by atoms with van der Waals surface area (Å²) < 4.78 is 6.20. The highest BCUT2D eigenvalue weighted by molar-refractivity contribution is 9.10. The number of benzene rings is 1. The summed E-state index contributed by atoms with van der Waals surface area (Å²) in [4.78, 5) is 0. The van der Waals surface area contributed by atoms with E-state index in [4.69, 9.17) is 4.74 Å². The summed E-state index contributed by atoms with van der Waals surface area (Å²) in [5, 5.41) is 9.27. The standard InChI is InChI=1S/C10H11BrO2/c11-9-3-1-8(2-4-9)10(5-12)6-13-7-10/h1-4,12H,5-7H2. The van der Waals surface area contributed by atoms with E-state index in [-0.39, 0.29) is 12.0 Å². The number of ether oxygens (including phenoxy) is 1. The average Bonchev–Trinajstić information content (AvgIpc) is 2.07. The number of aliphatic hydroxyl groups is 1. The van der Waals surface area contributed by atoms with Gasteiger partial charge in [0.05, 0.1) is 25.2 Å². The number of halogens is 1. The van der Waals surface area contributed by atoms with Gasteiger partial charge in [0.25, 0.3) is 0 Å². The molecule has 0 saturated carbocycles. The Hall–Kier alpha value is -0.380. The molecule has 0 amide bonds. The molecule has 0 spiro atoms. The van der Waals surface area contributed by atoms with Crippen LogP contribution in [0.5, 0.6) is 0 Å². The maximum Gasteiger partial charge on any atom is 0.0651 e. The Morgan fingerprint density at radius 1 is 1.31 bits per heavy atom. The molecule has 0 aromatic heterocycles. The Morgan fingerprint density at radius 2 is 1.92 bits per heavy atom. The third-order valence-corrected chi connectivity index (χ3v) is 3.04. The molecule has 1 aromatic carbocycles. The molecule has 1 heterocycles. The van der Waals surface area contributed by atoms with Crippen LogP contribution < -0.4 is 0 Å². The van der Waals surface area contributed by atoms with E-state index >= 15 is 0 Å². The van der Waals surface area contributed by atoms with Gasteiger partial charge in [-0.1, -0.05) is 28.1 Å². The zero-order valence-electron chi connectivity index (χ0n) is 7.16. The van der Waals surface area contributed by atoms with Gasteiger partial charge in [0.2, 0.25) is 0 Å². The Bertz CT molecular complexity index is 285. The fourth-order valence-electron chi connectivity index (χ4n) is 1.50. The largest absolute Gasteiger partial charge is 0.395 e. The predicted molar refractivity (Wildman–Crippen MR) is 53.7 cm³/mol. The van der Waals surface area contributed by atoms with Crippen molar-refractivity contribution in [2.24, 2.45) is 0 Å². The third kappa shape index (κ3) is 1.52. The fraction of sp³-hybridized carbons (Fsp3) is 0.400. The smallest absolute Gasteiger partial charge is 0.0651 e. The summed E-state index contributed by atoms with van der Waals surface area (Å²) in [5.41, 5.74) is 1.02. The van der Waals surface area contributed by atoms with Gasteiger partial charge in [0, 0.05) is 4.47 Å². The van der Waals surface area contributed by atoms with Crippen molar-refractivity contribution in [3.63, 3.8) is 0 Å². The van der Waals surface area contributed by atoms with Crippen LogP contribution in [0.25, 0.3) is 0 Å². The lowest BCUT2D eigenvalue weighted by Gasteiger charge is -2.40. The highest BCUT2D eigenvalue weighted by Gasteiger charge is 2.39. The molecule has 0 radical (unpaired) electrons. The molecule has 3 heteroatoms. The first kappa shape index (κ1) is 9.19. The molecule has 1 saturated heterocycles. The summed E-state index contributed by atoms with van der Waals surface area (Å²) in [5.74, 6) is 0. The van der Waals surface area contributed by atoms with Crippen LogP contribution in [0.15, 0.2) is 28.7 Å². The van der Waals surface area contributed by atoms with E-state index in [1.54, 1.807) is 0 Å². The fourth-order valence-corrected chi connectivity index (χ4v) is 1.77. The maximum absolute atomic E-state index is 9.27. The molecule has 2 nitrogen and oxygen atoms in total. The molecule has 0 bridgehead atoms. The highest BCUT2D eigenvalue weighted by Crippen LogP contribution is 2.32. The lowest BCUT2D eigenvalue weighted by Crippen LogP contribution is -2.49. The summed E-state index contributed by atoms with van der Waals surface area (Å²) in [6.07, 6.45) is 0. The van der Waals surface area contributed by atoms with Crippen LogP contribution in [0.1, 0.15) is 5.56 Å². The van der Waals surface area contributed by atoms with Crippen molar-refractivity contribution in [1.82, 2.24) is 0 Å². The second-order valence-electron chi connectivity index (χ2n) is 3.44. The molecule has 2 rings (SSSR count).